The van der Waals surface area contributed by atoms with Crippen molar-refractivity contribution in [1.29, 1.82) is 0 Å². The third kappa shape index (κ3) is 63.7. The molecular formula is C70H137NO8. The Balaban J connectivity index is 3.88. The van der Waals surface area contributed by atoms with Gasteiger partial charge in [-0.15, -0.1) is 0 Å². The van der Waals surface area contributed by atoms with Gasteiger partial charge in [0, 0.05) is 12.8 Å². The van der Waals surface area contributed by atoms with E-state index >= 15 is 0 Å². The molecule has 0 saturated heterocycles. The van der Waals surface area contributed by atoms with Crippen LogP contribution in [0.2, 0.25) is 0 Å². The smallest absolute Gasteiger partial charge is 0.306 e. The van der Waals surface area contributed by atoms with Crippen molar-refractivity contribution >= 4 is 17.9 Å². The van der Waals surface area contributed by atoms with E-state index in [4.69, 9.17) is 18.9 Å². The van der Waals surface area contributed by atoms with E-state index in [2.05, 4.69) is 13.8 Å². The zero-order valence-corrected chi connectivity index (χ0v) is 53.8. The maximum absolute atomic E-state index is 12.9. The van der Waals surface area contributed by atoms with Crippen LogP contribution in [0, 0.1) is 0 Å². The summed E-state index contributed by atoms with van der Waals surface area (Å²) >= 11 is 0. The number of nitrogens with zero attached hydrogens (tertiary/aromatic N) is 1. The van der Waals surface area contributed by atoms with Crippen molar-refractivity contribution in [2.24, 2.45) is 0 Å². The molecular weight excluding hydrogens is 983 g/mol. The monoisotopic (exact) mass is 1120 g/mol. The van der Waals surface area contributed by atoms with Crippen LogP contribution in [0.1, 0.15) is 373 Å². The molecule has 0 heterocycles. The quantitative estimate of drug-likeness (QED) is 0.0256. The summed E-state index contributed by atoms with van der Waals surface area (Å²) in [6.07, 6.45) is 70.7. The number of esters is 2. The van der Waals surface area contributed by atoms with Gasteiger partial charge in [0.05, 0.1) is 40.3 Å². The molecule has 0 radical (unpaired) electrons. The van der Waals surface area contributed by atoms with E-state index in [1.807, 2.05) is 21.1 Å². The molecule has 470 valence electrons. The average molecular weight is 1120 g/mol. The summed E-state index contributed by atoms with van der Waals surface area (Å²) in [5, 5.41) is 11.8. The third-order valence-electron chi connectivity index (χ3n) is 16.4. The first-order valence-electron chi connectivity index (χ1n) is 35.2. The van der Waals surface area contributed by atoms with Crippen molar-refractivity contribution in [1.82, 2.24) is 0 Å². The van der Waals surface area contributed by atoms with E-state index in [-0.39, 0.29) is 32.2 Å². The van der Waals surface area contributed by atoms with Gasteiger partial charge in [0.1, 0.15) is 13.2 Å². The Morgan fingerprint density at radius 2 is 0.570 bits per heavy atom. The molecule has 0 aliphatic rings. The number of rotatable bonds is 67. The standard InChI is InChI=1S/C70H137NO8/c1-6-8-10-12-14-16-18-20-22-23-24-25-26-27-28-29-30-31-32-33-34-35-36-37-38-39-40-41-42-43-44-45-47-49-51-53-55-57-59-61-68(73)79-66(65-78-70(69(74)75)76-63-62-71(3,4)5)64-77-67(72)60-58-56-54-52-50-48-46-21-19-17-15-13-11-9-7-2/h66,70H,6-65H2,1-5H3. The summed E-state index contributed by atoms with van der Waals surface area (Å²) < 4.78 is 22.8. The van der Waals surface area contributed by atoms with Gasteiger partial charge in [-0.3, -0.25) is 9.59 Å². The van der Waals surface area contributed by atoms with Crippen LogP contribution in [0.3, 0.4) is 0 Å². The molecule has 0 fully saturated rings. The predicted molar refractivity (Wildman–Crippen MR) is 334 cm³/mol. The van der Waals surface area contributed by atoms with Gasteiger partial charge in [-0.25, -0.2) is 0 Å². The molecule has 0 aliphatic heterocycles. The van der Waals surface area contributed by atoms with Gasteiger partial charge in [0.15, 0.2) is 12.4 Å². The molecule has 0 rings (SSSR count). The van der Waals surface area contributed by atoms with Crippen molar-refractivity contribution in [3.05, 3.63) is 0 Å². The van der Waals surface area contributed by atoms with E-state index in [1.165, 1.54) is 308 Å². The first-order valence-corrected chi connectivity index (χ1v) is 35.2. The lowest BCUT2D eigenvalue weighted by Crippen LogP contribution is -2.44. The first-order chi connectivity index (χ1) is 38.6. The highest BCUT2D eigenvalue weighted by molar-refractivity contribution is 5.70. The van der Waals surface area contributed by atoms with Crippen molar-refractivity contribution in [2.45, 2.75) is 386 Å². The summed E-state index contributed by atoms with van der Waals surface area (Å²) in [4.78, 5) is 37.3. The molecule has 9 nitrogen and oxygen atoms in total. The normalized spacial score (nSPS) is 12.6. The van der Waals surface area contributed by atoms with Crippen LogP contribution >= 0.6 is 0 Å². The molecule has 0 aromatic heterocycles. The van der Waals surface area contributed by atoms with Crippen LogP contribution in [0.5, 0.6) is 0 Å². The van der Waals surface area contributed by atoms with Crippen LogP contribution in [0.15, 0.2) is 0 Å². The Kier molecular flexibility index (Phi) is 61.0. The van der Waals surface area contributed by atoms with Gasteiger partial charge in [0.2, 0.25) is 0 Å². The molecule has 0 aromatic rings. The van der Waals surface area contributed by atoms with Gasteiger partial charge >= 0.3 is 11.9 Å². The minimum Gasteiger partial charge on any atom is -0.545 e. The molecule has 0 aliphatic carbocycles. The number of carbonyl (C=O) groups excluding carboxylic acids is 3. The molecule has 0 aromatic carbocycles. The number of hydrogen-bond donors (Lipinski definition) is 0. The third-order valence-corrected chi connectivity index (χ3v) is 16.4. The average Bonchev–Trinajstić information content (AvgIpc) is 3.42. The topological polar surface area (TPSA) is 111 Å². The largest absolute Gasteiger partial charge is 0.545 e. The highest BCUT2D eigenvalue weighted by atomic mass is 16.7. The summed E-state index contributed by atoms with van der Waals surface area (Å²) in [5.74, 6) is -2.25. The van der Waals surface area contributed by atoms with Crippen LogP contribution < -0.4 is 5.11 Å². The fourth-order valence-corrected chi connectivity index (χ4v) is 11.0. The Morgan fingerprint density at radius 1 is 0.329 bits per heavy atom. The number of carboxylic acids is 1. The van der Waals surface area contributed by atoms with Crippen LogP contribution in [0.4, 0.5) is 0 Å². The summed E-state index contributed by atoms with van der Waals surface area (Å²) in [6, 6.07) is 0. The van der Waals surface area contributed by atoms with Gasteiger partial charge in [0.25, 0.3) is 0 Å². The van der Waals surface area contributed by atoms with E-state index < -0.39 is 24.3 Å². The second kappa shape index (κ2) is 62.3. The molecule has 2 unspecified atom stereocenters. The fraction of sp³-hybridized carbons (Fsp3) is 0.957. The Labute approximate surface area is 492 Å². The lowest BCUT2D eigenvalue weighted by molar-refractivity contribution is -0.870. The zero-order valence-electron chi connectivity index (χ0n) is 53.8. The molecule has 0 bridgehead atoms. The Morgan fingerprint density at radius 3 is 0.810 bits per heavy atom. The lowest BCUT2D eigenvalue weighted by Gasteiger charge is -2.26. The zero-order chi connectivity index (χ0) is 57.6. The van der Waals surface area contributed by atoms with Gasteiger partial charge in [-0.05, 0) is 12.8 Å². The fourth-order valence-electron chi connectivity index (χ4n) is 11.0. The SMILES string of the molecule is CCCCCCCCCCCCCCCCCCCCCCCCCCCCCCCCCCCCCCCCCC(=O)OC(COC(=O)CCCCCCCCCCCCCCCCC)COC(OCC[N+](C)(C)C)C(=O)[O-]. The number of ether oxygens (including phenoxy) is 4. The number of carbonyl (C=O) groups is 3. The van der Waals surface area contributed by atoms with Crippen LogP contribution in [-0.2, 0) is 33.3 Å². The van der Waals surface area contributed by atoms with Crippen LogP contribution in [0.25, 0.3) is 0 Å². The molecule has 79 heavy (non-hydrogen) atoms. The van der Waals surface area contributed by atoms with Crippen molar-refractivity contribution < 1.29 is 42.9 Å². The minimum absolute atomic E-state index is 0.153. The maximum Gasteiger partial charge on any atom is 0.306 e. The van der Waals surface area contributed by atoms with Gasteiger partial charge in [-0.2, -0.15) is 0 Å². The maximum atomic E-state index is 12.9. The number of unbranched alkanes of at least 4 members (excludes halogenated alkanes) is 52. The Hall–Kier alpha value is -1.71. The second-order valence-electron chi connectivity index (χ2n) is 25.5. The van der Waals surface area contributed by atoms with E-state index in [1.54, 1.807) is 0 Å². The highest BCUT2D eigenvalue weighted by Gasteiger charge is 2.22. The highest BCUT2D eigenvalue weighted by Crippen LogP contribution is 2.20. The van der Waals surface area contributed by atoms with E-state index in [0.29, 0.717) is 17.4 Å². The molecule has 0 N–H and O–H groups in total. The first kappa shape index (κ1) is 77.3. The lowest BCUT2D eigenvalue weighted by atomic mass is 10.0. The van der Waals surface area contributed by atoms with Crippen molar-refractivity contribution in [2.75, 3.05) is 47.5 Å². The number of likely N-dealkylation sites (N-methyl/N-ethyl adjacent to an activating group) is 1. The molecule has 9 heteroatoms. The molecule has 0 spiro atoms. The van der Waals surface area contributed by atoms with E-state index in [0.717, 1.165) is 38.5 Å². The van der Waals surface area contributed by atoms with Crippen LogP contribution in [-0.4, -0.2) is 82.3 Å². The predicted octanol–water partition coefficient (Wildman–Crippen LogP) is 20.1. The number of hydrogen-bond acceptors (Lipinski definition) is 8. The van der Waals surface area contributed by atoms with Crippen molar-refractivity contribution in [3.63, 3.8) is 0 Å². The molecule has 0 amide bonds. The summed E-state index contributed by atoms with van der Waals surface area (Å²) in [7, 11) is 5.94. The number of carboxylic acid groups (broad SMARTS) is 1. The van der Waals surface area contributed by atoms with Gasteiger partial charge < -0.3 is 33.3 Å². The number of quaternary nitrogens is 1. The summed E-state index contributed by atoms with van der Waals surface area (Å²) in [6.45, 7) is 4.83. The molecule has 2 atom stereocenters. The van der Waals surface area contributed by atoms with E-state index in [9.17, 15) is 19.5 Å². The molecule has 0 saturated carbocycles. The Bertz CT molecular complexity index is 1260. The number of aliphatic carboxylic acids is 1. The minimum atomic E-state index is -1.61. The summed E-state index contributed by atoms with van der Waals surface area (Å²) in [5.41, 5.74) is 0. The second-order valence-corrected chi connectivity index (χ2v) is 25.5. The van der Waals surface area contributed by atoms with Gasteiger partial charge in [-0.1, -0.05) is 348 Å². The van der Waals surface area contributed by atoms with Crippen molar-refractivity contribution in [3.8, 4) is 0 Å².